The molecular formula is C9H13ClN4O. The zero-order chi connectivity index (χ0) is 10.8. The van der Waals surface area contributed by atoms with E-state index in [1.54, 1.807) is 19.2 Å². The van der Waals surface area contributed by atoms with E-state index in [0.29, 0.717) is 11.9 Å². The van der Waals surface area contributed by atoms with Gasteiger partial charge in [-0.3, -0.25) is 4.79 Å². The number of amides is 1. The van der Waals surface area contributed by atoms with Crippen molar-refractivity contribution in [3.8, 4) is 0 Å². The molecule has 2 rings (SSSR count). The van der Waals surface area contributed by atoms with Gasteiger partial charge in [0, 0.05) is 19.2 Å². The summed E-state index contributed by atoms with van der Waals surface area (Å²) in [5.74, 6) is 0.504. The van der Waals surface area contributed by atoms with Gasteiger partial charge in [-0.25, -0.2) is 4.68 Å². The van der Waals surface area contributed by atoms with Crippen LogP contribution in [0.3, 0.4) is 0 Å². The molecule has 1 aromatic rings. The van der Waals surface area contributed by atoms with Crippen molar-refractivity contribution in [3.63, 3.8) is 0 Å². The number of halogens is 1. The number of alkyl halides is 1. The van der Waals surface area contributed by atoms with Crippen LogP contribution in [-0.2, 0) is 4.79 Å². The van der Waals surface area contributed by atoms with Gasteiger partial charge >= 0.3 is 0 Å². The van der Waals surface area contributed by atoms with Crippen molar-refractivity contribution in [2.75, 3.05) is 18.4 Å². The zero-order valence-corrected chi connectivity index (χ0v) is 9.16. The Labute approximate surface area is 92.8 Å². The maximum absolute atomic E-state index is 11.4. The third-order valence-corrected chi connectivity index (χ3v) is 2.59. The van der Waals surface area contributed by atoms with E-state index in [1.165, 1.54) is 0 Å². The van der Waals surface area contributed by atoms with Crippen molar-refractivity contribution in [2.24, 2.45) is 0 Å². The molecule has 82 valence electrons. The van der Waals surface area contributed by atoms with Crippen LogP contribution in [0.15, 0.2) is 12.3 Å². The van der Waals surface area contributed by atoms with E-state index in [4.69, 9.17) is 11.6 Å². The van der Waals surface area contributed by atoms with Crippen LogP contribution in [0.25, 0.3) is 0 Å². The highest BCUT2D eigenvalue weighted by molar-refractivity contribution is 6.32. The fourth-order valence-electron chi connectivity index (χ4n) is 1.38. The number of anilines is 1. The highest BCUT2D eigenvalue weighted by Crippen LogP contribution is 2.17. The topological polar surface area (TPSA) is 59.0 Å². The third-order valence-electron chi connectivity index (χ3n) is 2.39. The van der Waals surface area contributed by atoms with Crippen LogP contribution in [0, 0.1) is 0 Å². The Morgan fingerprint density at radius 2 is 2.53 bits per heavy atom. The van der Waals surface area contributed by atoms with Gasteiger partial charge in [-0.05, 0) is 6.92 Å². The molecule has 6 heteroatoms. The molecule has 0 aromatic carbocycles. The Morgan fingerprint density at radius 3 is 3.07 bits per heavy atom. The normalized spacial score (nSPS) is 18.3. The Bertz CT molecular complexity index is 359. The predicted molar refractivity (Wildman–Crippen MR) is 58.1 cm³/mol. The average molecular weight is 229 g/mol. The van der Waals surface area contributed by atoms with Crippen LogP contribution in [0.1, 0.15) is 13.0 Å². The SMILES string of the molecule is C[C@H](Cl)C(=O)Nc1ccnn1C1CNC1. The van der Waals surface area contributed by atoms with Gasteiger partial charge in [0.2, 0.25) is 5.91 Å². The molecule has 1 aliphatic rings. The minimum Gasteiger partial charge on any atom is -0.312 e. The third kappa shape index (κ3) is 2.13. The lowest BCUT2D eigenvalue weighted by Gasteiger charge is -2.28. The molecule has 0 bridgehead atoms. The molecule has 1 aliphatic heterocycles. The van der Waals surface area contributed by atoms with Crippen molar-refractivity contribution < 1.29 is 4.79 Å². The van der Waals surface area contributed by atoms with Gasteiger partial charge < -0.3 is 10.6 Å². The van der Waals surface area contributed by atoms with Gasteiger partial charge in [0.05, 0.1) is 12.2 Å². The number of carbonyl (C=O) groups is 1. The molecule has 1 aromatic heterocycles. The van der Waals surface area contributed by atoms with Crippen molar-refractivity contribution in [3.05, 3.63) is 12.3 Å². The minimum absolute atomic E-state index is 0.203. The average Bonchev–Trinajstić information content (AvgIpc) is 2.50. The first-order chi connectivity index (χ1) is 7.18. The number of rotatable bonds is 3. The molecular weight excluding hydrogens is 216 g/mol. The summed E-state index contributed by atoms with van der Waals surface area (Å²) in [5, 5.41) is 9.53. The summed E-state index contributed by atoms with van der Waals surface area (Å²) in [6, 6.07) is 2.11. The van der Waals surface area contributed by atoms with Crippen LogP contribution in [0.5, 0.6) is 0 Å². The summed E-state index contributed by atoms with van der Waals surface area (Å²) in [4.78, 5) is 11.4. The number of hydrogen-bond acceptors (Lipinski definition) is 3. The fraction of sp³-hybridized carbons (Fsp3) is 0.556. The Morgan fingerprint density at radius 1 is 1.80 bits per heavy atom. The fourth-order valence-corrected chi connectivity index (χ4v) is 1.43. The minimum atomic E-state index is -0.534. The van der Waals surface area contributed by atoms with E-state index in [2.05, 4.69) is 15.7 Å². The number of nitrogens with zero attached hydrogens (tertiary/aromatic N) is 2. The van der Waals surface area contributed by atoms with Crippen LogP contribution in [0.2, 0.25) is 0 Å². The Kier molecular flexibility index (Phi) is 2.93. The molecule has 2 heterocycles. The van der Waals surface area contributed by atoms with Gasteiger partial charge in [-0.15, -0.1) is 11.6 Å². The van der Waals surface area contributed by atoms with Gasteiger partial charge in [-0.1, -0.05) is 0 Å². The monoisotopic (exact) mass is 228 g/mol. The molecule has 0 aliphatic carbocycles. The van der Waals surface area contributed by atoms with Gasteiger partial charge in [0.15, 0.2) is 0 Å². The maximum atomic E-state index is 11.4. The van der Waals surface area contributed by atoms with E-state index < -0.39 is 5.38 Å². The van der Waals surface area contributed by atoms with E-state index in [1.807, 2.05) is 4.68 Å². The van der Waals surface area contributed by atoms with Gasteiger partial charge in [0.1, 0.15) is 11.2 Å². The summed E-state index contributed by atoms with van der Waals surface area (Å²) < 4.78 is 1.81. The highest BCUT2D eigenvalue weighted by Gasteiger charge is 2.22. The Hall–Kier alpha value is -1.07. The van der Waals surface area contributed by atoms with Crippen LogP contribution in [0.4, 0.5) is 5.82 Å². The summed E-state index contributed by atoms with van der Waals surface area (Å²) in [6.07, 6.45) is 1.67. The molecule has 1 amide bonds. The van der Waals surface area contributed by atoms with Gasteiger partial charge in [0.25, 0.3) is 0 Å². The van der Waals surface area contributed by atoms with Crippen LogP contribution >= 0.6 is 11.6 Å². The number of carbonyl (C=O) groups excluding carboxylic acids is 1. The molecule has 0 radical (unpaired) electrons. The lowest BCUT2D eigenvalue weighted by atomic mass is 10.2. The lowest BCUT2D eigenvalue weighted by Crippen LogP contribution is -2.44. The molecule has 5 nitrogen and oxygen atoms in total. The van der Waals surface area contributed by atoms with Crippen molar-refractivity contribution in [2.45, 2.75) is 18.3 Å². The molecule has 1 atom stereocenters. The second kappa shape index (κ2) is 4.20. The quantitative estimate of drug-likeness (QED) is 0.745. The van der Waals surface area contributed by atoms with Crippen molar-refractivity contribution >= 4 is 23.3 Å². The predicted octanol–water partition coefficient (Wildman–Crippen LogP) is 0.593. The summed E-state index contributed by atoms with van der Waals surface area (Å²) in [5.41, 5.74) is 0. The zero-order valence-electron chi connectivity index (χ0n) is 8.40. The first-order valence-corrected chi connectivity index (χ1v) is 5.31. The second-order valence-corrected chi connectivity index (χ2v) is 4.23. The smallest absolute Gasteiger partial charge is 0.243 e. The Balaban J connectivity index is 2.07. The van der Waals surface area contributed by atoms with Crippen molar-refractivity contribution in [1.29, 1.82) is 0 Å². The maximum Gasteiger partial charge on any atom is 0.243 e. The standard InChI is InChI=1S/C9H13ClN4O/c1-6(10)9(15)13-8-2-3-12-14(8)7-4-11-5-7/h2-3,6-7,11H,4-5H2,1H3,(H,13,15)/t6-/m0/s1. The van der Waals surface area contributed by atoms with E-state index in [0.717, 1.165) is 13.1 Å². The van der Waals surface area contributed by atoms with Crippen LogP contribution < -0.4 is 10.6 Å². The summed E-state index contributed by atoms with van der Waals surface area (Å²) in [7, 11) is 0. The number of nitrogens with one attached hydrogen (secondary N) is 2. The first kappa shape index (κ1) is 10.4. The molecule has 15 heavy (non-hydrogen) atoms. The molecule has 1 fully saturated rings. The van der Waals surface area contributed by atoms with Crippen molar-refractivity contribution in [1.82, 2.24) is 15.1 Å². The first-order valence-electron chi connectivity index (χ1n) is 4.87. The summed E-state index contributed by atoms with van der Waals surface area (Å²) >= 11 is 5.67. The van der Waals surface area contributed by atoms with E-state index in [-0.39, 0.29) is 5.91 Å². The van der Waals surface area contributed by atoms with E-state index in [9.17, 15) is 4.79 Å². The van der Waals surface area contributed by atoms with Gasteiger partial charge in [-0.2, -0.15) is 5.10 Å². The molecule has 0 spiro atoms. The number of aromatic nitrogens is 2. The molecule has 2 N–H and O–H groups in total. The molecule has 0 saturated carbocycles. The number of hydrogen-bond donors (Lipinski definition) is 2. The largest absolute Gasteiger partial charge is 0.312 e. The van der Waals surface area contributed by atoms with Crippen LogP contribution in [-0.4, -0.2) is 34.2 Å². The summed E-state index contributed by atoms with van der Waals surface area (Å²) in [6.45, 7) is 3.42. The molecule has 0 unspecified atom stereocenters. The molecule has 1 saturated heterocycles. The second-order valence-electron chi connectivity index (χ2n) is 3.58. The van der Waals surface area contributed by atoms with E-state index >= 15 is 0 Å². The lowest BCUT2D eigenvalue weighted by molar-refractivity contribution is -0.115. The highest BCUT2D eigenvalue weighted by atomic mass is 35.5.